The Morgan fingerprint density at radius 1 is 1.45 bits per heavy atom. The predicted molar refractivity (Wildman–Crippen MR) is 72.8 cm³/mol. The molecule has 7 heteroatoms. The molecule has 1 fully saturated rings. The SMILES string of the molecule is Cc1noc(C(C)NC(=O)C2CC2c2ccc(F)cc2F)n1. The maximum absolute atomic E-state index is 13.7. The van der Waals surface area contributed by atoms with Gasteiger partial charge in [-0.1, -0.05) is 11.2 Å². The van der Waals surface area contributed by atoms with Crippen LogP contribution in [-0.2, 0) is 4.79 Å². The number of aryl methyl sites for hydroxylation is 1. The van der Waals surface area contributed by atoms with Gasteiger partial charge in [0.2, 0.25) is 11.8 Å². The van der Waals surface area contributed by atoms with Gasteiger partial charge in [0, 0.05) is 12.0 Å². The van der Waals surface area contributed by atoms with Crippen LogP contribution in [0.4, 0.5) is 8.78 Å². The zero-order valence-electron chi connectivity index (χ0n) is 12.1. The molecule has 2 aromatic rings. The Hall–Kier alpha value is -2.31. The van der Waals surface area contributed by atoms with E-state index in [1.807, 2.05) is 0 Å². The molecule has 22 heavy (non-hydrogen) atoms. The number of carbonyl (C=O) groups is 1. The first kappa shape index (κ1) is 14.6. The van der Waals surface area contributed by atoms with Crippen molar-refractivity contribution in [3.05, 3.63) is 47.1 Å². The molecule has 1 aliphatic carbocycles. The van der Waals surface area contributed by atoms with Crippen molar-refractivity contribution < 1.29 is 18.1 Å². The molecule has 1 amide bonds. The lowest BCUT2D eigenvalue weighted by molar-refractivity contribution is -0.123. The minimum atomic E-state index is -0.622. The van der Waals surface area contributed by atoms with Crippen LogP contribution >= 0.6 is 0 Å². The molecule has 0 radical (unpaired) electrons. The summed E-state index contributed by atoms with van der Waals surface area (Å²) in [5, 5.41) is 6.44. The van der Waals surface area contributed by atoms with Gasteiger partial charge in [-0.2, -0.15) is 4.98 Å². The first-order valence-corrected chi connectivity index (χ1v) is 7.01. The van der Waals surface area contributed by atoms with Crippen molar-refractivity contribution >= 4 is 5.91 Å². The number of rotatable bonds is 4. The molecule has 0 saturated heterocycles. The van der Waals surface area contributed by atoms with Gasteiger partial charge in [0.25, 0.3) is 0 Å². The average molecular weight is 307 g/mol. The predicted octanol–water partition coefficient (Wildman–Crippen LogP) is 2.64. The van der Waals surface area contributed by atoms with E-state index in [-0.39, 0.29) is 17.7 Å². The summed E-state index contributed by atoms with van der Waals surface area (Å²) < 4.78 is 31.6. The van der Waals surface area contributed by atoms with E-state index in [0.717, 1.165) is 6.07 Å². The Morgan fingerprint density at radius 3 is 2.86 bits per heavy atom. The Morgan fingerprint density at radius 2 is 2.23 bits per heavy atom. The summed E-state index contributed by atoms with van der Waals surface area (Å²) in [6, 6.07) is 3.03. The molecule has 5 nitrogen and oxygen atoms in total. The molecule has 0 bridgehead atoms. The third-order valence-electron chi connectivity index (χ3n) is 3.76. The molecule has 1 N–H and O–H groups in total. The van der Waals surface area contributed by atoms with Gasteiger partial charge in [-0.05, 0) is 37.8 Å². The quantitative estimate of drug-likeness (QED) is 0.943. The maximum Gasteiger partial charge on any atom is 0.248 e. The van der Waals surface area contributed by atoms with Crippen molar-refractivity contribution in [2.75, 3.05) is 0 Å². The standard InChI is InChI=1S/C15H15F2N3O2/c1-7(15-19-8(2)20-22-15)18-14(21)12-6-11(12)10-4-3-9(16)5-13(10)17/h3-5,7,11-12H,6H2,1-2H3,(H,18,21). The number of amides is 1. The van der Waals surface area contributed by atoms with Crippen LogP contribution in [-0.4, -0.2) is 16.0 Å². The summed E-state index contributed by atoms with van der Waals surface area (Å²) in [7, 11) is 0. The highest BCUT2D eigenvalue weighted by Gasteiger charge is 2.45. The van der Waals surface area contributed by atoms with E-state index in [1.54, 1.807) is 13.8 Å². The highest BCUT2D eigenvalue weighted by atomic mass is 19.1. The molecule has 1 aliphatic rings. The Labute approximate surface area is 125 Å². The lowest BCUT2D eigenvalue weighted by atomic mass is 10.1. The second kappa shape index (κ2) is 5.47. The van der Waals surface area contributed by atoms with Crippen LogP contribution in [0.2, 0.25) is 0 Å². The zero-order chi connectivity index (χ0) is 15.9. The number of benzene rings is 1. The number of nitrogens with zero attached hydrogens (tertiary/aromatic N) is 2. The average Bonchev–Trinajstić information content (AvgIpc) is 3.12. The minimum Gasteiger partial charge on any atom is -0.344 e. The van der Waals surface area contributed by atoms with E-state index in [4.69, 9.17) is 4.52 Å². The van der Waals surface area contributed by atoms with Gasteiger partial charge in [0.1, 0.15) is 17.7 Å². The topological polar surface area (TPSA) is 68.0 Å². The summed E-state index contributed by atoms with van der Waals surface area (Å²) in [5.74, 6) is -1.13. The van der Waals surface area contributed by atoms with Crippen molar-refractivity contribution in [3.8, 4) is 0 Å². The highest BCUT2D eigenvalue weighted by molar-refractivity contribution is 5.83. The number of hydrogen-bond donors (Lipinski definition) is 1. The van der Waals surface area contributed by atoms with Crippen LogP contribution in [0.5, 0.6) is 0 Å². The second-order valence-corrected chi connectivity index (χ2v) is 5.52. The van der Waals surface area contributed by atoms with E-state index in [9.17, 15) is 13.6 Å². The summed E-state index contributed by atoms with van der Waals surface area (Å²) in [6.07, 6.45) is 0.546. The molecule has 3 unspecified atom stereocenters. The molecule has 1 aromatic carbocycles. The van der Waals surface area contributed by atoms with Crippen LogP contribution in [0, 0.1) is 24.5 Å². The second-order valence-electron chi connectivity index (χ2n) is 5.52. The van der Waals surface area contributed by atoms with Gasteiger partial charge in [-0.3, -0.25) is 4.79 Å². The van der Waals surface area contributed by atoms with Gasteiger partial charge in [-0.25, -0.2) is 8.78 Å². The largest absolute Gasteiger partial charge is 0.344 e. The molecule has 3 rings (SSSR count). The van der Waals surface area contributed by atoms with Gasteiger partial charge in [0.15, 0.2) is 5.82 Å². The third kappa shape index (κ3) is 2.84. The third-order valence-corrected chi connectivity index (χ3v) is 3.76. The summed E-state index contributed by atoms with van der Waals surface area (Å²) in [4.78, 5) is 16.2. The molecule has 1 aromatic heterocycles. The molecule has 3 atom stereocenters. The highest BCUT2D eigenvalue weighted by Crippen LogP contribution is 2.48. The van der Waals surface area contributed by atoms with Crippen molar-refractivity contribution in [1.29, 1.82) is 0 Å². The number of carbonyl (C=O) groups excluding carboxylic acids is 1. The van der Waals surface area contributed by atoms with Gasteiger partial charge in [-0.15, -0.1) is 0 Å². The van der Waals surface area contributed by atoms with Gasteiger partial charge in [0.05, 0.1) is 0 Å². The van der Waals surface area contributed by atoms with Crippen LogP contribution in [0.3, 0.4) is 0 Å². The monoisotopic (exact) mass is 307 g/mol. The smallest absolute Gasteiger partial charge is 0.248 e. The Kier molecular flexibility index (Phi) is 3.64. The van der Waals surface area contributed by atoms with Crippen LogP contribution in [0.1, 0.15) is 42.6 Å². The number of aromatic nitrogens is 2. The normalized spacial score (nSPS) is 21.5. The lowest BCUT2D eigenvalue weighted by Gasteiger charge is -2.09. The molecular weight excluding hydrogens is 292 g/mol. The Bertz CT molecular complexity index is 717. The zero-order valence-corrected chi connectivity index (χ0v) is 12.1. The first-order chi connectivity index (χ1) is 10.5. The maximum atomic E-state index is 13.7. The fourth-order valence-electron chi connectivity index (χ4n) is 2.50. The van der Waals surface area contributed by atoms with E-state index in [2.05, 4.69) is 15.5 Å². The van der Waals surface area contributed by atoms with E-state index < -0.39 is 17.7 Å². The van der Waals surface area contributed by atoms with Crippen molar-refractivity contribution in [2.45, 2.75) is 32.2 Å². The molecular formula is C15H15F2N3O2. The molecule has 116 valence electrons. The van der Waals surface area contributed by atoms with Crippen LogP contribution < -0.4 is 5.32 Å². The number of halogens is 2. The molecule has 1 saturated carbocycles. The van der Waals surface area contributed by atoms with Crippen molar-refractivity contribution in [3.63, 3.8) is 0 Å². The summed E-state index contributed by atoms with van der Waals surface area (Å²) >= 11 is 0. The Balaban J connectivity index is 1.63. The van der Waals surface area contributed by atoms with E-state index in [0.29, 0.717) is 23.7 Å². The molecule has 0 aliphatic heterocycles. The van der Waals surface area contributed by atoms with Crippen LogP contribution in [0.25, 0.3) is 0 Å². The first-order valence-electron chi connectivity index (χ1n) is 7.01. The van der Waals surface area contributed by atoms with Crippen molar-refractivity contribution in [1.82, 2.24) is 15.5 Å². The van der Waals surface area contributed by atoms with Crippen molar-refractivity contribution in [2.24, 2.45) is 5.92 Å². The fourth-order valence-corrected chi connectivity index (χ4v) is 2.50. The molecule has 0 spiro atoms. The minimum absolute atomic E-state index is 0.197. The van der Waals surface area contributed by atoms with E-state index in [1.165, 1.54) is 12.1 Å². The fraction of sp³-hybridized carbons (Fsp3) is 0.400. The lowest BCUT2D eigenvalue weighted by Crippen LogP contribution is -2.28. The van der Waals surface area contributed by atoms with Crippen LogP contribution in [0.15, 0.2) is 22.7 Å². The van der Waals surface area contributed by atoms with Gasteiger partial charge < -0.3 is 9.84 Å². The summed E-state index contributed by atoms with van der Waals surface area (Å²) in [6.45, 7) is 3.43. The summed E-state index contributed by atoms with van der Waals surface area (Å²) in [5.41, 5.74) is 0.378. The van der Waals surface area contributed by atoms with Gasteiger partial charge >= 0.3 is 0 Å². The van der Waals surface area contributed by atoms with E-state index >= 15 is 0 Å². The molecule has 1 heterocycles. The number of hydrogen-bond acceptors (Lipinski definition) is 4. The number of nitrogens with one attached hydrogen (secondary N) is 1.